The molecule has 0 saturated carbocycles. The topological polar surface area (TPSA) is 116 Å². The molecule has 2 amide bonds. The molecule has 8 nitrogen and oxygen atoms in total. The number of hydrogen-bond donors (Lipinski definition) is 3. The first-order valence-electron chi connectivity index (χ1n) is 13.0. The van der Waals surface area contributed by atoms with Crippen LogP contribution >= 0.6 is 0 Å². The third-order valence-corrected chi connectivity index (χ3v) is 5.80. The molecule has 0 heterocycles. The van der Waals surface area contributed by atoms with Gasteiger partial charge in [-0.3, -0.25) is 14.4 Å². The van der Waals surface area contributed by atoms with Crippen molar-refractivity contribution in [2.24, 2.45) is 0 Å². The maximum absolute atomic E-state index is 12.5. The molecule has 2 atom stereocenters. The lowest BCUT2D eigenvalue weighted by Gasteiger charge is -2.21. The van der Waals surface area contributed by atoms with E-state index in [4.69, 9.17) is 9.84 Å². The number of para-hydroxylation sites is 1. The molecule has 202 valence electrons. The Kier molecular flexibility index (Phi) is 16.1. The summed E-state index contributed by atoms with van der Waals surface area (Å²) in [6, 6.07) is 7.12. The average molecular weight is 505 g/mol. The van der Waals surface area contributed by atoms with Crippen LogP contribution in [0, 0.1) is 0 Å². The Hall–Kier alpha value is -2.71. The highest BCUT2D eigenvalue weighted by molar-refractivity contribution is 5.92. The molecule has 0 aliphatic rings. The molecule has 1 rings (SSSR count). The van der Waals surface area contributed by atoms with Crippen molar-refractivity contribution in [2.45, 2.75) is 89.8 Å². The number of carbonyl (C=O) groups excluding carboxylic acids is 2. The van der Waals surface area contributed by atoms with Crippen LogP contribution in [0.4, 0.5) is 5.69 Å². The van der Waals surface area contributed by atoms with E-state index in [9.17, 15) is 19.5 Å². The molecule has 0 saturated heterocycles. The van der Waals surface area contributed by atoms with Crippen molar-refractivity contribution in [1.29, 1.82) is 0 Å². The smallest absolute Gasteiger partial charge is 0.303 e. The van der Waals surface area contributed by atoms with Gasteiger partial charge in [0.1, 0.15) is 6.10 Å². The van der Waals surface area contributed by atoms with Crippen LogP contribution in [0.2, 0.25) is 0 Å². The highest BCUT2D eigenvalue weighted by Crippen LogP contribution is 2.18. The van der Waals surface area contributed by atoms with Crippen LogP contribution < -0.4 is 5.32 Å². The van der Waals surface area contributed by atoms with Crippen molar-refractivity contribution in [1.82, 2.24) is 4.90 Å². The molecule has 8 heteroatoms. The van der Waals surface area contributed by atoms with Gasteiger partial charge in [-0.25, -0.2) is 0 Å². The maximum Gasteiger partial charge on any atom is 0.303 e. The zero-order chi connectivity index (χ0) is 26.8. The van der Waals surface area contributed by atoms with Crippen LogP contribution in [-0.2, 0) is 25.5 Å². The Labute approximate surface area is 215 Å². The third-order valence-electron chi connectivity index (χ3n) is 5.80. The fourth-order valence-corrected chi connectivity index (χ4v) is 3.69. The quantitative estimate of drug-likeness (QED) is 0.188. The Balaban J connectivity index is 2.46. The summed E-state index contributed by atoms with van der Waals surface area (Å²) < 4.78 is 5.84. The minimum absolute atomic E-state index is 0.0184. The summed E-state index contributed by atoms with van der Waals surface area (Å²) in [5, 5.41) is 21.7. The van der Waals surface area contributed by atoms with Crippen LogP contribution in [0.15, 0.2) is 36.4 Å². The first-order chi connectivity index (χ1) is 17.2. The lowest BCUT2D eigenvalue weighted by molar-refractivity contribution is -0.142. The summed E-state index contributed by atoms with van der Waals surface area (Å²) in [6.07, 6.45) is 10.0. The number of carboxylic acid groups (broad SMARTS) is 1. The summed E-state index contributed by atoms with van der Waals surface area (Å²) in [4.78, 5) is 37.4. The van der Waals surface area contributed by atoms with Crippen LogP contribution in [-0.4, -0.2) is 65.8 Å². The van der Waals surface area contributed by atoms with Crippen molar-refractivity contribution in [3.05, 3.63) is 42.0 Å². The molecule has 0 aromatic heterocycles. The van der Waals surface area contributed by atoms with Gasteiger partial charge in [-0.2, -0.15) is 0 Å². The van der Waals surface area contributed by atoms with E-state index < -0.39 is 12.1 Å². The Morgan fingerprint density at radius 3 is 2.50 bits per heavy atom. The Bertz CT molecular complexity index is 824. The fraction of sp³-hybridized carbons (Fsp3) is 0.607. The summed E-state index contributed by atoms with van der Waals surface area (Å²) >= 11 is 0. The minimum Gasteiger partial charge on any atom is -0.481 e. The normalized spacial score (nSPS) is 12.9. The Morgan fingerprint density at radius 1 is 1.06 bits per heavy atom. The van der Waals surface area contributed by atoms with E-state index in [-0.39, 0.29) is 37.2 Å². The van der Waals surface area contributed by atoms with Crippen molar-refractivity contribution in [3.8, 4) is 0 Å². The number of carbonyl (C=O) groups is 3. The number of amides is 2. The van der Waals surface area contributed by atoms with E-state index in [1.165, 1.54) is 4.90 Å². The summed E-state index contributed by atoms with van der Waals surface area (Å²) in [7, 11) is 3.32. The van der Waals surface area contributed by atoms with Crippen LogP contribution in [0.1, 0.15) is 76.7 Å². The average Bonchev–Trinajstić information content (AvgIpc) is 2.84. The van der Waals surface area contributed by atoms with E-state index in [1.807, 2.05) is 12.2 Å². The van der Waals surface area contributed by atoms with Gasteiger partial charge in [-0.15, -0.1) is 0 Å². The largest absolute Gasteiger partial charge is 0.481 e. The molecule has 36 heavy (non-hydrogen) atoms. The molecule has 0 spiro atoms. The predicted molar refractivity (Wildman–Crippen MR) is 142 cm³/mol. The summed E-state index contributed by atoms with van der Waals surface area (Å²) in [5.74, 6) is -1.32. The van der Waals surface area contributed by atoms with E-state index in [0.29, 0.717) is 18.7 Å². The van der Waals surface area contributed by atoms with Gasteiger partial charge in [-0.05, 0) is 50.2 Å². The van der Waals surface area contributed by atoms with E-state index in [1.54, 1.807) is 38.4 Å². The molecule has 0 bridgehead atoms. The third kappa shape index (κ3) is 14.0. The number of hydrogen-bond acceptors (Lipinski definition) is 5. The SMILES string of the molecule is CCCCCC(O)C=CCCCCOC(CCC(=O)Nc1ccccc1CCC(=O)O)C(=O)N(C)C. The number of likely N-dealkylation sites (N-methyl/N-ethyl adjacent to an activating group) is 1. The van der Waals surface area contributed by atoms with Crippen LogP contribution in [0.3, 0.4) is 0 Å². The number of aliphatic carboxylic acids is 1. The zero-order valence-electron chi connectivity index (χ0n) is 22.1. The number of rotatable bonds is 19. The molecule has 1 aromatic rings. The maximum atomic E-state index is 12.5. The highest BCUT2D eigenvalue weighted by atomic mass is 16.5. The summed E-state index contributed by atoms with van der Waals surface area (Å²) in [5.41, 5.74) is 1.34. The van der Waals surface area contributed by atoms with Crippen molar-refractivity contribution in [3.63, 3.8) is 0 Å². The number of nitrogens with zero attached hydrogens (tertiary/aromatic N) is 1. The zero-order valence-corrected chi connectivity index (χ0v) is 22.1. The molecule has 0 aliphatic heterocycles. The monoisotopic (exact) mass is 504 g/mol. The number of allylic oxidation sites excluding steroid dienone is 1. The van der Waals surface area contributed by atoms with Gasteiger partial charge >= 0.3 is 5.97 Å². The number of ether oxygens (including phenoxy) is 1. The second-order valence-corrected chi connectivity index (χ2v) is 9.22. The number of benzene rings is 1. The van der Waals surface area contributed by atoms with Crippen LogP contribution in [0.25, 0.3) is 0 Å². The van der Waals surface area contributed by atoms with Crippen molar-refractivity contribution >= 4 is 23.5 Å². The van der Waals surface area contributed by atoms with Crippen LogP contribution in [0.5, 0.6) is 0 Å². The molecule has 0 fully saturated rings. The van der Waals surface area contributed by atoms with Crippen molar-refractivity contribution in [2.75, 3.05) is 26.0 Å². The second kappa shape index (κ2) is 18.5. The number of nitrogens with one attached hydrogen (secondary N) is 1. The molecule has 0 radical (unpaired) electrons. The number of anilines is 1. The van der Waals surface area contributed by atoms with Crippen molar-refractivity contribution < 1.29 is 29.3 Å². The second-order valence-electron chi connectivity index (χ2n) is 9.22. The van der Waals surface area contributed by atoms with Gasteiger partial charge in [-0.1, -0.05) is 56.5 Å². The number of aryl methyl sites for hydroxylation is 1. The number of aliphatic hydroxyl groups is 1. The molecular formula is C28H44N2O6. The predicted octanol–water partition coefficient (Wildman–Crippen LogP) is 4.56. The lowest BCUT2D eigenvalue weighted by Crippen LogP contribution is -2.36. The first kappa shape index (κ1) is 31.3. The molecule has 0 aliphatic carbocycles. The van der Waals surface area contributed by atoms with Gasteiger partial charge in [0.05, 0.1) is 6.10 Å². The van der Waals surface area contributed by atoms with Gasteiger partial charge in [0, 0.05) is 39.2 Å². The molecule has 2 unspecified atom stereocenters. The van der Waals surface area contributed by atoms with E-state index >= 15 is 0 Å². The summed E-state index contributed by atoms with van der Waals surface area (Å²) in [6.45, 7) is 2.55. The molecule has 1 aromatic carbocycles. The fourth-order valence-electron chi connectivity index (χ4n) is 3.69. The van der Waals surface area contributed by atoms with Gasteiger partial charge in [0.25, 0.3) is 5.91 Å². The van der Waals surface area contributed by atoms with E-state index in [0.717, 1.165) is 50.5 Å². The minimum atomic E-state index is -0.894. The number of unbranched alkanes of at least 4 members (excludes halogenated alkanes) is 4. The highest BCUT2D eigenvalue weighted by Gasteiger charge is 2.22. The van der Waals surface area contributed by atoms with Gasteiger partial charge in [0.2, 0.25) is 5.91 Å². The number of aliphatic hydroxyl groups excluding tert-OH is 1. The first-order valence-corrected chi connectivity index (χ1v) is 13.0. The van der Waals surface area contributed by atoms with E-state index in [2.05, 4.69) is 12.2 Å². The van der Waals surface area contributed by atoms with Gasteiger partial charge < -0.3 is 25.2 Å². The Morgan fingerprint density at radius 2 is 1.81 bits per heavy atom. The lowest BCUT2D eigenvalue weighted by atomic mass is 10.1. The molecule has 3 N–H and O–H groups in total. The standard InChI is InChI=1S/C28H44N2O6/c1-4-5-8-14-23(31)15-9-6-7-12-21-36-25(28(35)30(2)3)18-19-26(32)29-24-16-11-10-13-22(24)17-20-27(33)34/h9-11,13,15-16,23,25,31H,4-8,12,14,17-21H2,1-3H3,(H,29,32)(H,33,34). The van der Waals surface area contributed by atoms with Gasteiger partial charge in [0.15, 0.2) is 0 Å². The number of carboxylic acids is 1. The molecular weight excluding hydrogens is 460 g/mol.